The predicted molar refractivity (Wildman–Crippen MR) is 242 cm³/mol. The van der Waals surface area contributed by atoms with Crippen LogP contribution in [0.15, 0.2) is 109 Å². The summed E-state index contributed by atoms with van der Waals surface area (Å²) in [6.07, 6.45) is 0.250. The Labute approximate surface area is 372 Å². The van der Waals surface area contributed by atoms with E-state index in [2.05, 4.69) is 26.3 Å². The summed E-state index contributed by atoms with van der Waals surface area (Å²) in [5, 5.41) is 26.0. The molecule has 1 saturated heterocycles. The first-order chi connectivity index (χ1) is 30.8. The fourth-order valence-corrected chi connectivity index (χ4v) is 8.13. The van der Waals surface area contributed by atoms with Crippen molar-refractivity contribution in [3.8, 4) is 0 Å². The number of aliphatic hydroxyl groups excluding tert-OH is 1. The molecule has 15 nitrogen and oxygen atoms in total. The monoisotopic (exact) mass is 871 g/mol. The number of β-amino-alcohol motifs (C(OH)–C–C–N with tert-alkyl or cyclic N) is 1. The van der Waals surface area contributed by atoms with Crippen LogP contribution in [0.1, 0.15) is 61.1 Å². The zero-order valence-corrected chi connectivity index (χ0v) is 36.4. The molecular weight excluding hydrogens is 815 g/mol. The Morgan fingerprint density at radius 1 is 0.781 bits per heavy atom. The highest BCUT2D eigenvalue weighted by molar-refractivity contribution is 5.99. The van der Waals surface area contributed by atoms with Crippen molar-refractivity contribution in [2.24, 2.45) is 11.7 Å². The molecule has 15 heteroatoms. The number of aliphatic hydroxyl groups is 1. The van der Waals surface area contributed by atoms with Crippen molar-refractivity contribution >= 4 is 57.2 Å². The lowest BCUT2D eigenvalue weighted by Crippen LogP contribution is -2.59. The van der Waals surface area contributed by atoms with Gasteiger partial charge in [0.15, 0.2) is 0 Å². The first-order valence-corrected chi connectivity index (χ1v) is 21.7. The summed E-state index contributed by atoms with van der Waals surface area (Å²) >= 11 is 0. The molecule has 1 fully saturated rings. The van der Waals surface area contributed by atoms with Gasteiger partial charge >= 0.3 is 5.97 Å². The van der Waals surface area contributed by atoms with E-state index in [9.17, 15) is 33.9 Å². The number of benzene rings is 4. The second-order valence-electron chi connectivity index (χ2n) is 16.5. The molecule has 0 aliphatic carbocycles. The second-order valence-corrected chi connectivity index (χ2v) is 16.5. The van der Waals surface area contributed by atoms with Gasteiger partial charge in [-0.3, -0.25) is 28.9 Å². The van der Waals surface area contributed by atoms with Gasteiger partial charge in [-0.15, -0.1) is 0 Å². The number of amides is 5. The number of aromatic nitrogens is 1. The lowest BCUT2D eigenvalue weighted by molar-refractivity contribution is -0.145. The number of carbonyl (C=O) groups is 6. The fraction of sp³-hybridized carbons (Fsp3) is 0.367. The van der Waals surface area contributed by atoms with Crippen molar-refractivity contribution in [3.05, 3.63) is 126 Å². The van der Waals surface area contributed by atoms with Gasteiger partial charge in [-0.2, -0.15) is 0 Å². The van der Waals surface area contributed by atoms with E-state index in [0.29, 0.717) is 31.3 Å². The first-order valence-electron chi connectivity index (χ1n) is 21.7. The van der Waals surface area contributed by atoms with E-state index in [1.165, 1.54) is 13.2 Å². The van der Waals surface area contributed by atoms with Gasteiger partial charge in [0, 0.05) is 18.4 Å². The standard InChI is InChI=1S/C49H57N7O8/c1-4-30(2)44(48(62)54-40(49(63)64-3)27-32-20-21-33-15-8-9-17-35(33)25-32)55-47(61)41-19-12-24-56(41)29-42(57)38(26-31-13-6-5-7-14-31)52-46(60)39(28-43(50)58)53-45(59)37-23-22-34-16-10-11-18-36(34)51-37/h5-11,13-18,20-23,25,30,38-42,44,57H,4,12,19,24,26-29H2,1-3H3,(H2,50,58)(H,52,60)(H,53,59)(H,54,62)(H,55,61)/t30?,38-,39?,40?,41?,42?,44?/m0/s1. The van der Waals surface area contributed by atoms with Crippen LogP contribution in [-0.4, -0.2) is 107 Å². The van der Waals surface area contributed by atoms with E-state index in [1.807, 2.05) is 104 Å². The molecule has 1 aromatic heterocycles. The van der Waals surface area contributed by atoms with Crippen LogP contribution in [0.2, 0.25) is 0 Å². The van der Waals surface area contributed by atoms with E-state index in [4.69, 9.17) is 10.5 Å². The third-order valence-corrected chi connectivity index (χ3v) is 11.9. The topological polar surface area (TPSA) is 222 Å². The van der Waals surface area contributed by atoms with E-state index < -0.39 is 78.2 Å². The highest BCUT2D eigenvalue weighted by atomic mass is 16.5. The molecule has 6 unspecified atom stereocenters. The molecule has 0 saturated carbocycles. The largest absolute Gasteiger partial charge is 0.467 e. The fourth-order valence-electron chi connectivity index (χ4n) is 8.13. The molecule has 4 aromatic carbocycles. The van der Waals surface area contributed by atoms with Crippen LogP contribution < -0.4 is 27.0 Å². The number of rotatable bonds is 20. The zero-order chi connectivity index (χ0) is 45.8. The highest BCUT2D eigenvalue weighted by Gasteiger charge is 2.38. The maximum absolute atomic E-state index is 14.1. The number of nitrogens with one attached hydrogen (secondary N) is 4. The Kier molecular flexibility index (Phi) is 16.1. The van der Waals surface area contributed by atoms with Gasteiger partial charge in [-0.05, 0) is 65.8 Å². The van der Waals surface area contributed by atoms with Gasteiger partial charge in [0.2, 0.25) is 23.6 Å². The Morgan fingerprint density at radius 3 is 2.19 bits per heavy atom. The molecule has 5 amide bonds. The molecule has 7 atom stereocenters. The number of carbonyl (C=O) groups excluding carboxylic acids is 6. The number of ether oxygens (including phenoxy) is 1. The maximum atomic E-state index is 14.1. The average molecular weight is 872 g/mol. The number of hydrogen-bond donors (Lipinski definition) is 6. The van der Waals surface area contributed by atoms with Crippen molar-refractivity contribution in [3.63, 3.8) is 0 Å². The summed E-state index contributed by atoms with van der Waals surface area (Å²) < 4.78 is 5.07. The van der Waals surface area contributed by atoms with E-state index in [-0.39, 0.29) is 31.0 Å². The van der Waals surface area contributed by atoms with Crippen LogP contribution in [-0.2, 0) is 41.6 Å². The lowest BCUT2D eigenvalue weighted by atomic mass is 9.96. The number of pyridine rings is 1. The predicted octanol–water partition coefficient (Wildman–Crippen LogP) is 3.35. The number of methoxy groups -OCH3 is 1. The lowest BCUT2D eigenvalue weighted by Gasteiger charge is -2.33. The molecule has 0 radical (unpaired) electrons. The molecular formula is C49H57N7O8. The first kappa shape index (κ1) is 46.8. The summed E-state index contributed by atoms with van der Waals surface area (Å²) in [6, 6.07) is 28.3. The third-order valence-electron chi connectivity index (χ3n) is 11.9. The van der Waals surface area contributed by atoms with E-state index >= 15 is 0 Å². The zero-order valence-electron chi connectivity index (χ0n) is 36.4. The van der Waals surface area contributed by atoms with Crippen molar-refractivity contribution in [1.82, 2.24) is 31.2 Å². The number of hydrogen-bond acceptors (Lipinski definition) is 10. The smallest absolute Gasteiger partial charge is 0.328 e. The quantitative estimate of drug-likeness (QED) is 0.0627. The third kappa shape index (κ3) is 12.3. The van der Waals surface area contributed by atoms with Gasteiger partial charge in [0.05, 0.1) is 37.2 Å². The minimum atomic E-state index is -1.39. The number of likely N-dealkylation sites (tertiary alicyclic amines) is 1. The Bertz CT molecular complexity index is 2450. The normalized spacial score (nSPS) is 16.7. The number of nitrogens with two attached hydrogens (primary N) is 1. The van der Waals surface area contributed by atoms with Crippen molar-refractivity contribution < 1.29 is 38.6 Å². The van der Waals surface area contributed by atoms with Gasteiger partial charge in [-0.1, -0.05) is 117 Å². The van der Waals surface area contributed by atoms with Gasteiger partial charge in [0.1, 0.15) is 23.8 Å². The van der Waals surface area contributed by atoms with Crippen LogP contribution in [0.3, 0.4) is 0 Å². The molecule has 1 aliphatic rings. The molecule has 0 bridgehead atoms. The molecule has 2 heterocycles. The number of esters is 1. The Hall–Kier alpha value is -6.71. The Morgan fingerprint density at radius 2 is 1.47 bits per heavy atom. The van der Waals surface area contributed by atoms with Crippen molar-refractivity contribution in [2.45, 2.75) is 88.7 Å². The van der Waals surface area contributed by atoms with Crippen LogP contribution in [0.4, 0.5) is 0 Å². The SMILES string of the molecule is CCC(C)C(NC(=O)C1CCCN1CC(O)[C@H](Cc1ccccc1)NC(=O)C(CC(N)=O)NC(=O)c1ccc2ccccc2n1)C(=O)NC(Cc1ccc2ccccc2c1)C(=O)OC. The molecule has 336 valence electrons. The minimum Gasteiger partial charge on any atom is -0.467 e. The maximum Gasteiger partial charge on any atom is 0.328 e. The molecule has 1 aliphatic heterocycles. The van der Waals surface area contributed by atoms with Gasteiger partial charge in [-0.25, -0.2) is 9.78 Å². The number of para-hydroxylation sites is 1. The van der Waals surface area contributed by atoms with E-state index in [0.717, 1.165) is 27.3 Å². The summed E-state index contributed by atoms with van der Waals surface area (Å²) in [7, 11) is 1.26. The van der Waals surface area contributed by atoms with Crippen LogP contribution in [0.25, 0.3) is 21.7 Å². The van der Waals surface area contributed by atoms with Crippen LogP contribution in [0.5, 0.6) is 0 Å². The Balaban J connectivity index is 1.14. The van der Waals surface area contributed by atoms with Gasteiger partial charge < -0.3 is 36.8 Å². The molecule has 0 spiro atoms. The summed E-state index contributed by atoms with van der Waals surface area (Å²) in [4.78, 5) is 86.8. The minimum absolute atomic E-state index is 0.0277. The number of fused-ring (bicyclic) bond motifs is 2. The molecule has 5 aromatic rings. The number of nitrogens with zero attached hydrogens (tertiary/aromatic N) is 2. The summed E-state index contributed by atoms with van der Waals surface area (Å²) in [6.45, 7) is 4.18. The number of primary amides is 1. The molecule has 7 N–H and O–H groups in total. The van der Waals surface area contributed by atoms with Crippen molar-refractivity contribution in [1.29, 1.82) is 0 Å². The summed E-state index contributed by atoms with van der Waals surface area (Å²) in [5.74, 6) is -4.11. The van der Waals surface area contributed by atoms with E-state index in [1.54, 1.807) is 18.2 Å². The second kappa shape index (κ2) is 22.1. The van der Waals surface area contributed by atoms with Crippen LogP contribution >= 0.6 is 0 Å². The average Bonchev–Trinajstić information content (AvgIpc) is 3.77. The van der Waals surface area contributed by atoms with Crippen molar-refractivity contribution in [2.75, 3.05) is 20.2 Å². The molecule has 64 heavy (non-hydrogen) atoms. The summed E-state index contributed by atoms with van der Waals surface area (Å²) in [5.41, 5.74) is 7.77. The molecule has 6 rings (SSSR count). The highest BCUT2D eigenvalue weighted by Crippen LogP contribution is 2.22. The van der Waals surface area contributed by atoms with Crippen LogP contribution in [0, 0.1) is 5.92 Å². The van der Waals surface area contributed by atoms with Gasteiger partial charge in [0.25, 0.3) is 5.91 Å².